The van der Waals surface area contributed by atoms with Gasteiger partial charge >= 0.3 is 5.97 Å². The van der Waals surface area contributed by atoms with E-state index in [0.717, 1.165) is 5.56 Å². The number of carbonyl (C=O) groups excluding carboxylic acids is 2. The van der Waals surface area contributed by atoms with Gasteiger partial charge in [-0.15, -0.1) is 0 Å². The molecule has 0 bridgehead atoms. The Morgan fingerprint density at radius 1 is 1.21 bits per heavy atom. The smallest absolute Gasteiger partial charge is 0.337 e. The van der Waals surface area contributed by atoms with Crippen molar-refractivity contribution in [2.75, 3.05) is 7.11 Å². The molecule has 0 saturated heterocycles. The van der Waals surface area contributed by atoms with E-state index in [2.05, 4.69) is 10.3 Å². The number of methoxy groups -OCH3 is 1. The highest BCUT2D eigenvalue weighted by Gasteiger charge is 2.13. The average Bonchev–Trinajstić information content (AvgIpc) is 2.73. The van der Waals surface area contributed by atoms with Crippen LogP contribution in [0.5, 0.6) is 0 Å². The van der Waals surface area contributed by atoms with Crippen LogP contribution in [0.2, 0.25) is 0 Å². The molecule has 1 atom stereocenters. The number of nitrogens with one attached hydrogen (secondary N) is 2. The monoisotopic (exact) mass is 411 g/mol. The van der Waals surface area contributed by atoms with Gasteiger partial charge in [-0.3, -0.25) is 14.2 Å². The van der Waals surface area contributed by atoms with Gasteiger partial charge in [0.15, 0.2) is 4.77 Å². The Bertz CT molecular complexity index is 1170. The Morgan fingerprint density at radius 2 is 1.93 bits per heavy atom. The van der Waals surface area contributed by atoms with Crippen LogP contribution in [0, 0.1) is 4.77 Å². The van der Waals surface area contributed by atoms with Crippen molar-refractivity contribution in [1.29, 1.82) is 0 Å². The summed E-state index contributed by atoms with van der Waals surface area (Å²) in [5.74, 6) is -0.677. The fraction of sp³-hybridized carbons (Fsp3) is 0.238. The van der Waals surface area contributed by atoms with Crippen LogP contribution in [0.4, 0.5) is 0 Å². The number of esters is 1. The molecular formula is C21H21N3O4S. The Hall–Kier alpha value is -3.26. The van der Waals surface area contributed by atoms with Crippen LogP contribution in [-0.4, -0.2) is 28.5 Å². The lowest BCUT2D eigenvalue weighted by Gasteiger charge is -2.15. The maximum Gasteiger partial charge on any atom is 0.337 e. The second kappa shape index (κ2) is 8.83. The van der Waals surface area contributed by atoms with Gasteiger partial charge in [0.2, 0.25) is 5.91 Å². The van der Waals surface area contributed by atoms with E-state index in [-0.39, 0.29) is 35.2 Å². The molecule has 0 spiro atoms. The summed E-state index contributed by atoms with van der Waals surface area (Å²) in [7, 11) is 1.29. The summed E-state index contributed by atoms with van der Waals surface area (Å²) in [5.41, 5.74) is 1.45. The third kappa shape index (κ3) is 4.60. The molecule has 0 saturated carbocycles. The van der Waals surface area contributed by atoms with Crippen molar-refractivity contribution < 1.29 is 14.3 Å². The zero-order valence-corrected chi connectivity index (χ0v) is 16.9. The second-order valence-corrected chi connectivity index (χ2v) is 6.98. The predicted molar refractivity (Wildman–Crippen MR) is 112 cm³/mol. The van der Waals surface area contributed by atoms with Gasteiger partial charge in [0, 0.05) is 13.0 Å². The molecule has 0 aliphatic heterocycles. The number of aromatic nitrogens is 2. The van der Waals surface area contributed by atoms with E-state index >= 15 is 0 Å². The summed E-state index contributed by atoms with van der Waals surface area (Å²) < 4.78 is 6.23. The summed E-state index contributed by atoms with van der Waals surface area (Å²) >= 11 is 5.28. The lowest BCUT2D eigenvalue weighted by Crippen LogP contribution is -2.30. The molecule has 0 radical (unpaired) electrons. The van der Waals surface area contributed by atoms with Gasteiger partial charge in [0.1, 0.15) is 0 Å². The van der Waals surface area contributed by atoms with Crippen LogP contribution in [-0.2, 0) is 16.1 Å². The maximum atomic E-state index is 12.8. The summed E-state index contributed by atoms with van der Waals surface area (Å²) in [6.07, 6.45) is 0.111. The summed E-state index contributed by atoms with van der Waals surface area (Å²) in [5, 5.41) is 3.30. The predicted octanol–water partition coefficient (Wildman–Crippen LogP) is 3.11. The van der Waals surface area contributed by atoms with Gasteiger partial charge < -0.3 is 15.0 Å². The van der Waals surface area contributed by atoms with Crippen LogP contribution in [0.1, 0.15) is 35.3 Å². The number of aromatic amines is 1. The first kappa shape index (κ1) is 20.5. The molecule has 3 aromatic rings. The Balaban J connectivity index is 1.76. The van der Waals surface area contributed by atoms with Crippen LogP contribution in [0.25, 0.3) is 10.9 Å². The zero-order valence-electron chi connectivity index (χ0n) is 16.1. The third-order valence-electron chi connectivity index (χ3n) is 4.64. The molecule has 8 heteroatoms. The number of fused-ring (bicyclic) bond motifs is 1. The minimum absolute atomic E-state index is 0.111. The number of nitrogens with zero attached hydrogens (tertiary/aromatic N) is 1. The SMILES string of the molecule is COC(=O)c1ccc2c(=O)n(CCC(=O)N[C@H](C)c3ccccc3)c(=S)[nH]c2c1. The van der Waals surface area contributed by atoms with E-state index in [4.69, 9.17) is 17.0 Å². The van der Waals surface area contributed by atoms with Gasteiger partial charge in [-0.1, -0.05) is 30.3 Å². The highest BCUT2D eigenvalue weighted by Crippen LogP contribution is 2.13. The molecule has 1 aromatic heterocycles. The minimum Gasteiger partial charge on any atom is -0.465 e. The lowest BCUT2D eigenvalue weighted by atomic mass is 10.1. The quantitative estimate of drug-likeness (QED) is 0.480. The normalized spacial score (nSPS) is 11.8. The van der Waals surface area contributed by atoms with Gasteiger partial charge in [-0.2, -0.15) is 0 Å². The van der Waals surface area contributed by atoms with Crippen molar-refractivity contribution in [3.8, 4) is 0 Å². The van der Waals surface area contributed by atoms with Crippen molar-refractivity contribution in [3.63, 3.8) is 0 Å². The fourth-order valence-electron chi connectivity index (χ4n) is 3.05. The molecule has 150 valence electrons. The van der Waals surface area contributed by atoms with Crippen molar-refractivity contribution in [2.45, 2.75) is 25.9 Å². The van der Waals surface area contributed by atoms with Gasteiger partial charge in [0.05, 0.1) is 29.6 Å². The van der Waals surface area contributed by atoms with E-state index in [1.54, 1.807) is 6.07 Å². The largest absolute Gasteiger partial charge is 0.465 e. The van der Waals surface area contributed by atoms with Gasteiger partial charge in [0.25, 0.3) is 5.56 Å². The van der Waals surface area contributed by atoms with Crippen LogP contribution in [0.15, 0.2) is 53.3 Å². The summed E-state index contributed by atoms with van der Waals surface area (Å²) in [6, 6.07) is 14.1. The van der Waals surface area contributed by atoms with Crippen molar-refractivity contribution in [1.82, 2.24) is 14.9 Å². The third-order valence-corrected chi connectivity index (χ3v) is 4.96. The van der Waals surface area contributed by atoms with E-state index < -0.39 is 5.97 Å². The molecule has 0 fully saturated rings. The highest BCUT2D eigenvalue weighted by atomic mass is 32.1. The van der Waals surface area contributed by atoms with Gasteiger partial charge in [-0.25, -0.2) is 4.79 Å². The molecule has 29 heavy (non-hydrogen) atoms. The van der Waals surface area contributed by atoms with E-state index in [1.165, 1.54) is 23.8 Å². The maximum absolute atomic E-state index is 12.8. The minimum atomic E-state index is -0.500. The van der Waals surface area contributed by atoms with Crippen LogP contribution in [0.3, 0.4) is 0 Å². The number of hydrogen-bond donors (Lipinski definition) is 2. The first-order valence-corrected chi connectivity index (χ1v) is 9.51. The average molecular weight is 411 g/mol. The first-order valence-electron chi connectivity index (χ1n) is 9.10. The standard InChI is InChI=1S/C21H21N3O4S/c1-13(14-6-4-3-5-7-14)22-18(25)10-11-24-19(26)16-9-8-15(20(27)28-2)12-17(16)23-21(24)29/h3-9,12-13H,10-11H2,1-2H3,(H,22,25)(H,23,29)/t13-/m1/s1. The number of ether oxygens (including phenoxy) is 1. The summed E-state index contributed by atoms with van der Waals surface area (Å²) in [4.78, 5) is 39.7. The number of benzene rings is 2. The topological polar surface area (TPSA) is 93.2 Å². The van der Waals surface area contributed by atoms with Crippen molar-refractivity contribution >= 4 is 35.0 Å². The Morgan fingerprint density at radius 3 is 2.62 bits per heavy atom. The van der Waals surface area contributed by atoms with E-state index in [1.807, 2.05) is 37.3 Å². The van der Waals surface area contributed by atoms with E-state index in [0.29, 0.717) is 16.5 Å². The van der Waals surface area contributed by atoms with Crippen molar-refractivity contribution in [2.24, 2.45) is 0 Å². The molecule has 2 aromatic carbocycles. The van der Waals surface area contributed by atoms with Gasteiger partial charge in [-0.05, 0) is 42.9 Å². The molecule has 1 amide bonds. The molecule has 0 aliphatic rings. The molecule has 0 unspecified atom stereocenters. The lowest BCUT2D eigenvalue weighted by molar-refractivity contribution is -0.122. The number of hydrogen-bond acceptors (Lipinski definition) is 5. The zero-order chi connectivity index (χ0) is 21.0. The highest BCUT2D eigenvalue weighted by molar-refractivity contribution is 7.71. The van der Waals surface area contributed by atoms with Crippen LogP contribution >= 0.6 is 12.2 Å². The number of carbonyl (C=O) groups is 2. The molecule has 2 N–H and O–H groups in total. The Kier molecular flexibility index (Phi) is 6.23. The molecule has 0 aliphatic carbocycles. The summed E-state index contributed by atoms with van der Waals surface area (Å²) in [6.45, 7) is 2.05. The first-order chi connectivity index (χ1) is 13.9. The molecular weight excluding hydrogens is 390 g/mol. The van der Waals surface area contributed by atoms with Crippen LogP contribution < -0.4 is 10.9 Å². The van der Waals surface area contributed by atoms with Crippen molar-refractivity contribution in [3.05, 3.63) is 74.8 Å². The number of H-pyrrole nitrogens is 1. The molecule has 7 nitrogen and oxygen atoms in total. The fourth-order valence-corrected chi connectivity index (χ4v) is 3.34. The molecule has 3 rings (SSSR count). The van der Waals surface area contributed by atoms with E-state index in [9.17, 15) is 14.4 Å². The second-order valence-electron chi connectivity index (χ2n) is 6.59. The number of rotatable bonds is 6. The number of amides is 1. The molecule has 1 heterocycles. The Labute approximate surface area is 172 Å².